The lowest BCUT2D eigenvalue weighted by Gasteiger charge is -2.37. The number of anilines is 3. The fraction of sp³-hybridized carbons (Fsp3) is 0.482. The maximum absolute atomic E-state index is 14.9. The van der Waals surface area contributed by atoms with Gasteiger partial charge in [-0.3, -0.25) is 14.4 Å². The van der Waals surface area contributed by atoms with Gasteiger partial charge in [0.2, 0.25) is 11.8 Å². The van der Waals surface area contributed by atoms with Gasteiger partial charge in [-0.1, -0.05) is 51.2 Å². The Bertz CT molecular complexity index is 2830. The number of nitrogens with zero attached hydrogens (tertiary/aromatic N) is 5. The number of carbonyl (C=O) groups is 3. The number of hydrogen-bond donors (Lipinski definition) is 6. The molecule has 2 aliphatic heterocycles. The molecule has 0 radical (unpaired) electrons. The highest BCUT2D eigenvalue weighted by atomic mass is 19.4. The maximum atomic E-state index is 14.9. The second-order valence-corrected chi connectivity index (χ2v) is 19.9. The largest absolute Gasteiger partial charge is 0.495 e. The predicted molar refractivity (Wildman–Crippen MR) is 285 cm³/mol. The number of likely N-dealkylation sites (N-methyl/N-ethyl adjacent to an activating group) is 1. The van der Waals surface area contributed by atoms with Crippen molar-refractivity contribution in [3.8, 4) is 23.3 Å². The Hall–Kier alpha value is -7.11. The summed E-state index contributed by atoms with van der Waals surface area (Å²) < 4.78 is 69.0. The summed E-state index contributed by atoms with van der Waals surface area (Å²) in [6.07, 6.45) is -0.0680. The zero-order valence-electron chi connectivity index (χ0n) is 43.9. The molecule has 1 saturated heterocycles. The van der Waals surface area contributed by atoms with Crippen molar-refractivity contribution in [2.24, 2.45) is 5.92 Å². The van der Waals surface area contributed by atoms with Crippen molar-refractivity contribution >= 4 is 45.7 Å². The van der Waals surface area contributed by atoms with Crippen LogP contribution in [0.4, 0.5) is 34.6 Å². The number of amides is 3. The zero-order valence-corrected chi connectivity index (χ0v) is 43.9. The summed E-state index contributed by atoms with van der Waals surface area (Å²) in [5, 5.41) is 34.1. The molecule has 408 valence electrons. The number of nitrogens with one attached hydrogen (secondary N) is 5. The van der Waals surface area contributed by atoms with E-state index in [-0.39, 0.29) is 68.2 Å². The summed E-state index contributed by atoms with van der Waals surface area (Å²) in [5.74, 6) is 6.40. The zero-order chi connectivity index (χ0) is 54.4. The van der Waals surface area contributed by atoms with Crippen LogP contribution in [0.1, 0.15) is 91.8 Å². The number of unbranched alkanes of at least 4 members (excludes halogenated alkanes) is 4. The SMILES string of the molecule is COc1cc(C(=O)NCCCCCCCC(=O)NCc2ccc(COc3ccc4c(c3)N(C)[C@@H](C(C)C)C(=O)N[C@H](CO)C4)nn2)ccc1NCC#Cc1cc2c(N[C@@H]3CCN(C)C[C@@H]3F)cccc2n1CC(F)(F)F. The molecule has 7 rings (SSSR count). The van der Waals surface area contributed by atoms with Gasteiger partial charge in [0.05, 0.1) is 61.5 Å². The molecule has 0 bridgehead atoms. The van der Waals surface area contributed by atoms with Gasteiger partial charge in [0.25, 0.3) is 5.91 Å². The number of aliphatic hydroxyl groups excluding tert-OH is 1. The maximum Gasteiger partial charge on any atom is 0.406 e. The number of rotatable bonds is 22. The fourth-order valence-corrected chi connectivity index (χ4v) is 9.70. The number of benzene rings is 3. The summed E-state index contributed by atoms with van der Waals surface area (Å²) >= 11 is 0. The van der Waals surface area contributed by atoms with Gasteiger partial charge in [-0.25, -0.2) is 4.39 Å². The van der Waals surface area contributed by atoms with E-state index in [1.807, 2.05) is 62.0 Å². The van der Waals surface area contributed by atoms with E-state index in [0.29, 0.717) is 83.1 Å². The standard InChI is InChI=1S/C56H70F4N10O6/c1-36(2)53-55(74)64-41(33-71)27-37-17-21-43(30-50(37)69(53)4)76-34-40-20-19-39(66-67-40)31-63-52(72)16-9-7-6-8-10-24-62-54(73)38-18-22-48(51(28-38)75-5)61-25-12-13-42-29-44-46(65-47-23-26-68(3)32-45(47)57)14-11-15-49(44)70(42)35-56(58,59)60/h11,14-15,17-22,28-30,36,41,45,47,53,61,65,71H,6-10,16,23-27,31-35H2,1-5H3,(H,62,73)(H,63,72)(H,64,74)/t41-,45-,47+,53-/m0/s1. The highest BCUT2D eigenvalue weighted by Gasteiger charge is 2.34. The summed E-state index contributed by atoms with van der Waals surface area (Å²) in [7, 11) is 5.22. The number of halogens is 4. The Morgan fingerprint density at radius 2 is 1.72 bits per heavy atom. The molecule has 3 amide bonds. The number of hydrogen-bond acceptors (Lipinski definition) is 12. The molecular formula is C56H70F4N10O6. The number of likely N-dealkylation sites (tertiary alicyclic amines) is 1. The van der Waals surface area contributed by atoms with Crippen molar-refractivity contribution in [3.05, 3.63) is 101 Å². The van der Waals surface area contributed by atoms with E-state index in [0.717, 1.165) is 47.9 Å². The summed E-state index contributed by atoms with van der Waals surface area (Å²) in [5.41, 5.74) is 5.12. The van der Waals surface area contributed by atoms with Gasteiger partial charge in [0.1, 0.15) is 42.6 Å². The minimum Gasteiger partial charge on any atom is -0.495 e. The van der Waals surface area contributed by atoms with Crippen LogP contribution >= 0.6 is 0 Å². The molecule has 6 N–H and O–H groups in total. The van der Waals surface area contributed by atoms with Crippen LogP contribution in [-0.2, 0) is 35.7 Å². The average Bonchev–Trinajstić information content (AvgIpc) is 3.74. The molecule has 0 spiro atoms. The number of piperidine rings is 1. The quantitative estimate of drug-likeness (QED) is 0.0230. The van der Waals surface area contributed by atoms with Gasteiger partial charge in [-0.15, -0.1) is 0 Å². The van der Waals surface area contributed by atoms with E-state index in [4.69, 9.17) is 9.47 Å². The molecule has 3 aromatic carbocycles. The molecule has 20 heteroatoms. The fourth-order valence-electron chi connectivity index (χ4n) is 9.70. The van der Waals surface area contributed by atoms with Crippen LogP contribution in [0.15, 0.2) is 72.8 Å². The molecular weight excluding hydrogens is 985 g/mol. The van der Waals surface area contributed by atoms with Crippen molar-refractivity contribution in [2.75, 3.05) is 69.5 Å². The number of alkyl halides is 4. The summed E-state index contributed by atoms with van der Waals surface area (Å²) in [6.45, 7) is 4.54. The lowest BCUT2D eigenvalue weighted by Crippen LogP contribution is -2.54. The Morgan fingerprint density at radius 1 is 0.947 bits per heavy atom. The van der Waals surface area contributed by atoms with E-state index in [9.17, 15) is 37.1 Å². The lowest BCUT2D eigenvalue weighted by molar-refractivity contribution is -0.140. The van der Waals surface area contributed by atoms with Crippen LogP contribution in [0.5, 0.6) is 11.5 Å². The minimum atomic E-state index is -4.50. The third kappa shape index (κ3) is 15.5. The molecule has 5 aromatic rings. The first-order chi connectivity index (χ1) is 36.5. The Kier molecular flexibility index (Phi) is 19.8. The van der Waals surface area contributed by atoms with Gasteiger partial charge in [-0.05, 0) is 105 Å². The molecule has 0 aliphatic carbocycles. The van der Waals surface area contributed by atoms with Crippen molar-refractivity contribution < 1.29 is 46.5 Å². The first kappa shape index (κ1) is 56.6. The number of aromatic nitrogens is 3. The second kappa shape index (κ2) is 26.6. The Morgan fingerprint density at radius 3 is 2.46 bits per heavy atom. The van der Waals surface area contributed by atoms with Crippen LogP contribution in [-0.4, -0.2) is 127 Å². The number of aliphatic hydroxyl groups is 1. The molecule has 76 heavy (non-hydrogen) atoms. The first-order valence-corrected chi connectivity index (χ1v) is 25.9. The van der Waals surface area contributed by atoms with E-state index in [1.54, 1.807) is 48.5 Å². The van der Waals surface area contributed by atoms with E-state index in [1.165, 1.54) is 7.11 Å². The van der Waals surface area contributed by atoms with Crippen molar-refractivity contribution in [2.45, 2.75) is 115 Å². The average molecular weight is 1060 g/mol. The molecule has 0 unspecified atom stereocenters. The summed E-state index contributed by atoms with van der Waals surface area (Å²) in [4.78, 5) is 42.5. The predicted octanol–water partition coefficient (Wildman–Crippen LogP) is 7.38. The molecule has 1 fully saturated rings. The van der Waals surface area contributed by atoms with Crippen LogP contribution in [0.3, 0.4) is 0 Å². The van der Waals surface area contributed by atoms with Crippen molar-refractivity contribution in [3.63, 3.8) is 0 Å². The van der Waals surface area contributed by atoms with Gasteiger partial charge in [0.15, 0.2) is 0 Å². The molecule has 0 saturated carbocycles. The van der Waals surface area contributed by atoms with Crippen LogP contribution in [0.25, 0.3) is 10.9 Å². The van der Waals surface area contributed by atoms with Crippen molar-refractivity contribution in [1.82, 2.24) is 35.6 Å². The Balaban J connectivity index is 0.786. The van der Waals surface area contributed by atoms with Crippen molar-refractivity contribution in [1.29, 1.82) is 0 Å². The van der Waals surface area contributed by atoms with E-state index >= 15 is 0 Å². The van der Waals surface area contributed by atoms with Gasteiger partial charge in [0, 0.05) is 61.5 Å². The molecule has 16 nitrogen and oxygen atoms in total. The third-order valence-electron chi connectivity index (χ3n) is 13.7. The van der Waals surface area contributed by atoms with Crippen LogP contribution < -0.4 is 41.0 Å². The Labute approximate surface area is 441 Å². The number of carbonyl (C=O) groups excluding carboxylic acids is 3. The second-order valence-electron chi connectivity index (χ2n) is 19.9. The highest BCUT2D eigenvalue weighted by Crippen LogP contribution is 2.34. The molecule has 4 heterocycles. The molecule has 2 aliphatic rings. The third-order valence-corrected chi connectivity index (χ3v) is 13.7. The molecule has 4 atom stereocenters. The molecule has 2 aromatic heterocycles. The monoisotopic (exact) mass is 1050 g/mol. The number of fused-ring (bicyclic) bond motifs is 2. The smallest absolute Gasteiger partial charge is 0.406 e. The lowest BCUT2D eigenvalue weighted by atomic mass is 9.95. The van der Waals surface area contributed by atoms with Gasteiger partial charge < -0.3 is 55.5 Å². The van der Waals surface area contributed by atoms with Gasteiger partial charge >= 0.3 is 6.18 Å². The number of methoxy groups -OCH3 is 1. The summed E-state index contributed by atoms with van der Waals surface area (Å²) in [6, 6.07) is 19.7. The van der Waals surface area contributed by atoms with Crippen LogP contribution in [0, 0.1) is 17.8 Å². The normalized spacial score (nSPS) is 17.9. The van der Waals surface area contributed by atoms with Crippen LogP contribution in [0.2, 0.25) is 0 Å². The highest BCUT2D eigenvalue weighted by molar-refractivity contribution is 5.95. The van der Waals surface area contributed by atoms with E-state index in [2.05, 4.69) is 48.6 Å². The van der Waals surface area contributed by atoms with E-state index < -0.39 is 31.0 Å². The minimum absolute atomic E-state index is 0.0355. The van der Waals surface area contributed by atoms with Gasteiger partial charge in [-0.2, -0.15) is 23.4 Å². The number of ether oxygens (including phenoxy) is 2. The first-order valence-electron chi connectivity index (χ1n) is 25.9. The topological polar surface area (TPSA) is 187 Å².